The maximum Gasteiger partial charge on any atom is 0.160 e. The molecule has 2 saturated carbocycles. The summed E-state index contributed by atoms with van der Waals surface area (Å²) in [6, 6.07) is 0. The maximum absolute atomic E-state index is 14.5. The van der Waals surface area contributed by atoms with Gasteiger partial charge in [-0.15, -0.1) is 0 Å². The van der Waals surface area contributed by atoms with Crippen LogP contribution in [0, 0.1) is 28.1 Å². The first kappa shape index (κ1) is 27.7. The molecule has 5 nitrogen and oxygen atoms in total. The topological polar surface area (TPSA) is 69.7 Å². The number of carbonyl (C=O) groups excluding carboxylic acids is 3. The van der Waals surface area contributed by atoms with Gasteiger partial charge in [-0.25, -0.2) is 0 Å². The fourth-order valence-corrected chi connectivity index (χ4v) is 6.21. The highest BCUT2D eigenvalue weighted by molar-refractivity contribution is 6.21. The Morgan fingerprint density at radius 2 is 1.76 bits per heavy atom. The molecule has 2 aliphatic carbocycles. The van der Waals surface area contributed by atoms with E-state index in [-0.39, 0.29) is 42.4 Å². The summed E-state index contributed by atoms with van der Waals surface area (Å²) in [4.78, 5) is 41.9. The van der Waals surface area contributed by atoms with Gasteiger partial charge < -0.3 is 9.47 Å². The highest BCUT2D eigenvalue weighted by atomic mass is 16.7. The molecule has 0 aromatic heterocycles. The second-order valence-electron chi connectivity index (χ2n) is 11.2. The first-order chi connectivity index (χ1) is 15.4. The highest BCUT2D eigenvalue weighted by Gasteiger charge is 2.72. The summed E-state index contributed by atoms with van der Waals surface area (Å²) in [6.45, 7) is 14.4. The summed E-state index contributed by atoms with van der Waals surface area (Å²) >= 11 is 0. The lowest BCUT2D eigenvalue weighted by Crippen LogP contribution is -2.69. The fraction of sp³-hybridized carbons (Fsp3) is 0.750. The van der Waals surface area contributed by atoms with Crippen LogP contribution in [0.3, 0.4) is 0 Å². The van der Waals surface area contributed by atoms with Crippen molar-refractivity contribution in [2.75, 3.05) is 20.5 Å². The van der Waals surface area contributed by atoms with E-state index in [2.05, 4.69) is 26.8 Å². The Morgan fingerprint density at radius 3 is 2.30 bits per heavy atom. The summed E-state index contributed by atoms with van der Waals surface area (Å²) in [5.74, 6) is -0.554. The van der Waals surface area contributed by atoms with Crippen LogP contribution in [0.1, 0.15) is 87.0 Å². The highest BCUT2D eigenvalue weighted by Crippen LogP contribution is 2.66. The molecule has 0 unspecified atom stereocenters. The van der Waals surface area contributed by atoms with Crippen LogP contribution >= 0.6 is 0 Å². The number of hydrogen-bond acceptors (Lipinski definition) is 5. The van der Waals surface area contributed by atoms with Gasteiger partial charge in [-0.3, -0.25) is 14.4 Å². The van der Waals surface area contributed by atoms with E-state index in [1.165, 1.54) is 5.57 Å². The third-order valence-electron chi connectivity index (χ3n) is 8.09. The summed E-state index contributed by atoms with van der Waals surface area (Å²) in [7, 11) is 1.58. The Kier molecular flexibility index (Phi) is 9.03. The second kappa shape index (κ2) is 10.8. The van der Waals surface area contributed by atoms with Crippen molar-refractivity contribution in [3.8, 4) is 0 Å². The molecule has 4 atom stereocenters. The molecule has 0 aromatic carbocycles. The standard InChI is InChI=1S/C28H44O5/c1-19(2)10-9-13-26(7)22(17-33-18-32-8)16-27(14-11-20(3)4)23(29)12-15-28(26,25(27)31)24(30)21(5)6/h10-11,21-22H,9,12-18H2,1-8H3/t22-,26-,27+,28+/m1/s1. The normalized spacial score (nSPS) is 31.5. The van der Waals surface area contributed by atoms with E-state index in [1.807, 2.05) is 33.8 Å². The molecule has 2 aliphatic rings. The Labute approximate surface area is 200 Å². The van der Waals surface area contributed by atoms with Gasteiger partial charge in [0.05, 0.1) is 17.4 Å². The van der Waals surface area contributed by atoms with Gasteiger partial charge in [-0.2, -0.15) is 0 Å². The Balaban J connectivity index is 2.72. The molecular formula is C28H44O5. The first-order valence-corrected chi connectivity index (χ1v) is 12.3. The van der Waals surface area contributed by atoms with E-state index in [1.54, 1.807) is 7.11 Å². The molecule has 0 saturated heterocycles. The van der Waals surface area contributed by atoms with Gasteiger partial charge in [0.25, 0.3) is 0 Å². The fourth-order valence-electron chi connectivity index (χ4n) is 6.21. The summed E-state index contributed by atoms with van der Waals surface area (Å²) in [5, 5.41) is 0. The van der Waals surface area contributed by atoms with Crippen molar-refractivity contribution >= 4 is 17.3 Å². The zero-order valence-corrected chi connectivity index (χ0v) is 22.0. The van der Waals surface area contributed by atoms with Gasteiger partial charge in [-0.1, -0.05) is 44.1 Å². The average molecular weight is 461 g/mol. The van der Waals surface area contributed by atoms with Gasteiger partial charge in [0.15, 0.2) is 5.78 Å². The predicted octanol–water partition coefficient (Wildman–Crippen LogP) is 5.87. The molecule has 0 spiro atoms. The average Bonchev–Trinajstić information content (AvgIpc) is 2.73. The predicted molar refractivity (Wildman–Crippen MR) is 131 cm³/mol. The Bertz CT molecular complexity index is 814. The minimum atomic E-state index is -1.17. The number of allylic oxidation sites excluding steroid dienone is 4. The van der Waals surface area contributed by atoms with E-state index >= 15 is 0 Å². The van der Waals surface area contributed by atoms with Crippen LogP contribution in [0.5, 0.6) is 0 Å². The lowest BCUT2D eigenvalue weighted by atomic mass is 9.38. The quantitative estimate of drug-likeness (QED) is 0.167. The Morgan fingerprint density at radius 1 is 1.12 bits per heavy atom. The molecule has 2 fully saturated rings. The van der Waals surface area contributed by atoms with Crippen LogP contribution in [0.4, 0.5) is 0 Å². The second-order valence-corrected chi connectivity index (χ2v) is 11.2. The van der Waals surface area contributed by atoms with Crippen molar-refractivity contribution in [3.05, 3.63) is 23.3 Å². The molecule has 0 amide bonds. The van der Waals surface area contributed by atoms with Crippen LogP contribution in [-0.4, -0.2) is 37.9 Å². The lowest BCUT2D eigenvalue weighted by Gasteiger charge is -2.62. The van der Waals surface area contributed by atoms with E-state index in [9.17, 15) is 14.4 Å². The van der Waals surface area contributed by atoms with Gasteiger partial charge in [0, 0.05) is 19.4 Å². The smallest absolute Gasteiger partial charge is 0.160 e. The number of fused-ring (bicyclic) bond motifs is 2. The summed E-state index contributed by atoms with van der Waals surface area (Å²) in [6.07, 6.45) is 7.04. The molecule has 2 bridgehead atoms. The number of rotatable bonds is 11. The van der Waals surface area contributed by atoms with E-state index in [4.69, 9.17) is 9.47 Å². The van der Waals surface area contributed by atoms with Crippen molar-refractivity contribution in [2.45, 2.75) is 87.0 Å². The summed E-state index contributed by atoms with van der Waals surface area (Å²) < 4.78 is 11.0. The molecule has 0 aromatic rings. The Hall–Kier alpha value is -1.59. The number of ether oxygens (including phenoxy) is 2. The van der Waals surface area contributed by atoms with E-state index in [0.717, 1.165) is 12.0 Å². The number of hydrogen-bond donors (Lipinski definition) is 0. The molecule has 0 heterocycles. The number of ketones is 3. The number of methoxy groups -OCH3 is 1. The van der Waals surface area contributed by atoms with Crippen LogP contribution in [0.25, 0.3) is 0 Å². The number of Topliss-reactive ketones (excluding diaryl/α,β-unsaturated/α-hetero) is 3. The third kappa shape index (κ3) is 4.95. The zero-order chi connectivity index (χ0) is 25.0. The minimum absolute atomic E-state index is 0.0136. The van der Waals surface area contributed by atoms with Crippen molar-refractivity contribution in [2.24, 2.45) is 28.1 Å². The van der Waals surface area contributed by atoms with Crippen molar-refractivity contribution in [1.29, 1.82) is 0 Å². The molecular weight excluding hydrogens is 416 g/mol. The van der Waals surface area contributed by atoms with Crippen LogP contribution in [0.2, 0.25) is 0 Å². The van der Waals surface area contributed by atoms with Gasteiger partial charge in [-0.05, 0) is 71.1 Å². The van der Waals surface area contributed by atoms with Crippen molar-refractivity contribution in [3.63, 3.8) is 0 Å². The molecule has 5 heteroatoms. The monoisotopic (exact) mass is 460 g/mol. The SMILES string of the molecule is COCOC[C@H]1C[C@@]2(CC=C(C)C)C(=O)CC[C@](C(=O)C(C)C)(C2=O)[C@]1(C)CCC=C(C)C. The molecule has 186 valence electrons. The van der Waals surface area contributed by atoms with Gasteiger partial charge in [0.1, 0.15) is 18.4 Å². The molecule has 0 N–H and O–H groups in total. The van der Waals surface area contributed by atoms with Gasteiger partial charge >= 0.3 is 0 Å². The van der Waals surface area contributed by atoms with Crippen LogP contribution < -0.4 is 0 Å². The minimum Gasteiger partial charge on any atom is -0.359 e. The van der Waals surface area contributed by atoms with Gasteiger partial charge in [0.2, 0.25) is 0 Å². The lowest BCUT2D eigenvalue weighted by molar-refractivity contribution is -0.190. The summed E-state index contributed by atoms with van der Waals surface area (Å²) in [5.41, 5.74) is -0.619. The number of carbonyl (C=O) groups is 3. The van der Waals surface area contributed by atoms with E-state index in [0.29, 0.717) is 32.3 Å². The molecule has 0 radical (unpaired) electrons. The largest absolute Gasteiger partial charge is 0.359 e. The van der Waals surface area contributed by atoms with Crippen LogP contribution in [0.15, 0.2) is 23.3 Å². The van der Waals surface area contributed by atoms with Crippen molar-refractivity contribution in [1.82, 2.24) is 0 Å². The molecule has 33 heavy (non-hydrogen) atoms. The van der Waals surface area contributed by atoms with Crippen molar-refractivity contribution < 1.29 is 23.9 Å². The third-order valence-corrected chi connectivity index (χ3v) is 8.09. The molecule has 0 aliphatic heterocycles. The first-order valence-electron chi connectivity index (χ1n) is 12.3. The molecule has 2 rings (SSSR count). The van der Waals surface area contributed by atoms with E-state index < -0.39 is 16.2 Å². The zero-order valence-electron chi connectivity index (χ0n) is 22.0. The van der Waals surface area contributed by atoms with Crippen LogP contribution in [-0.2, 0) is 23.9 Å². The maximum atomic E-state index is 14.5.